The number of nitrogens with zero attached hydrogens (tertiary/aromatic N) is 4. The molecule has 2 aromatic heterocycles. The monoisotopic (exact) mass is 290 g/mol. The van der Waals surface area contributed by atoms with Crippen molar-refractivity contribution in [2.75, 3.05) is 13.2 Å². The van der Waals surface area contributed by atoms with Crippen molar-refractivity contribution in [2.24, 2.45) is 0 Å². The van der Waals surface area contributed by atoms with Crippen molar-refractivity contribution in [1.82, 2.24) is 20.0 Å². The van der Waals surface area contributed by atoms with Crippen molar-refractivity contribution < 1.29 is 14.6 Å². The lowest BCUT2D eigenvalue weighted by Gasteiger charge is -2.07. The molecule has 2 aromatic rings. The average molecular weight is 290 g/mol. The van der Waals surface area contributed by atoms with E-state index in [4.69, 9.17) is 4.74 Å². The molecule has 0 saturated heterocycles. The molecule has 0 unspecified atom stereocenters. The van der Waals surface area contributed by atoms with Gasteiger partial charge in [-0.05, 0) is 18.6 Å². The molecule has 0 radical (unpaired) electrons. The van der Waals surface area contributed by atoms with E-state index in [0.717, 1.165) is 18.4 Å². The summed E-state index contributed by atoms with van der Waals surface area (Å²) >= 11 is 0. The van der Waals surface area contributed by atoms with Crippen LogP contribution in [0, 0.1) is 0 Å². The summed E-state index contributed by atoms with van der Waals surface area (Å²) in [6.45, 7) is 3.73. The standard InChI is InChI=1S/C14H18N4O3/c1-2-3-9-21-10-8-18-13(11-4-6-15-7-5-11)12(14(19)20)16-17-18/h4-7H,2-3,8-10H2,1H3,(H,19,20). The zero-order valence-electron chi connectivity index (χ0n) is 11.9. The molecule has 2 rings (SSSR count). The Balaban J connectivity index is 2.16. The van der Waals surface area contributed by atoms with Gasteiger partial charge in [0.1, 0.15) is 5.69 Å². The summed E-state index contributed by atoms with van der Waals surface area (Å²) in [6, 6.07) is 3.47. The SMILES string of the molecule is CCCCOCCn1nnc(C(=O)O)c1-c1ccncc1. The molecule has 0 saturated carbocycles. The Morgan fingerprint density at radius 2 is 2.10 bits per heavy atom. The first-order valence-corrected chi connectivity index (χ1v) is 6.89. The summed E-state index contributed by atoms with van der Waals surface area (Å²) in [5, 5.41) is 16.9. The quantitative estimate of drug-likeness (QED) is 0.746. The minimum Gasteiger partial charge on any atom is -0.476 e. The van der Waals surface area contributed by atoms with Crippen molar-refractivity contribution >= 4 is 5.97 Å². The van der Waals surface area contributed by atoms with Gasteiger partial charge >= 0.3 is 5.97 Å². The maximum atomic E-state index is 11.3. The Morgan fingerprint density at radius 3 is 2.76 bits per heavy atom. The molecule has 0 aliphatic carbocycles. The summed E-state index contributed by atoms with van der Waals surface area (Å²) in [6.07, 6.45) is 5.30. The third-order valence-corrected chi connectivity index (χ3v) is 2.98. The molecule has 0 fully saturated rings. The molecule has 7 heteroatoms. The highest BCUT2D eigenvalue weighted by atomic mass is 16.5. The van der Waals surface area contributed by atoms with Crippen molar-refractivity contribution in [2.45, 2.75) is 26.3 Å². The molecule has 0 bridgehead atoms. The van der Waals surface area contributed by atoms with Crippen LogP contribution in [0.4, 0.5) is 0 Å². The highest BCUT2D eigenvalue weighted by Crippen LogP contribution is 2.21. The number of unbranched alkanes of at least 4 members (excludes halogenated alkanes) is 1. The van der Waals surface area contributed by atoms with E-state index in [2.05, 4.69) is 22.2 Å². The maximum Gasteiger partial charge on any atom is 0.358 e. The largest absolute Gasteiger partial charge is 0.476 e. The molecule has 0 atom stereocenters. The van der Waals surface area contributed by atoms with Gasteiger partial charge in [-0.3, -0.25) is 4.98 Å². The van der Waals surface area contributed by atoms with E-state index in [1.165, 1.54) is 0 Å². The van der Waals surface area contributed by atoms with Crippen LogP contribution < -0.4 is 0 Å². The first kappa shape index (κ1) is 15.1. The van der Waals surface area contributed by atoms with Crippen molar-refractivity contribution in [3.05, 3.63) is 30.2 Å². The molecular weight excluding hydrogens is 272 g/mol. The Bertz CT molecular complexity index is 583. The molecule has 7 nitrogen and oxygen atoms in total. The van der Waals surface area contributed by atoms with Crippen LogP contribution in [0.3, 0.4) is 0 Å². The number of carbonyl (C=O) groups is 1. The third kappa shape index (κ3) is 3.85. The fourth-order valence-corrected chi connectivity index (χ4v) is 1.91. The van der Waals surface area contributed by atoms with E-state index in [1.807, 2.05) is 0 Å². The fourth-order valence-electron chi connectivity index (χ4n) is 1.91. The van der Waals surface area contributed by atoms with Gasteiger partial charge in [0.2, 0.25) is 0 Å². The highest BCUT2D eigenvalue weighted by Gasteiger charge is 2.20. The molecule has 0 spiro atoms. The Labute approximate surface area is 122 Å². The number of carboxylic acid groups (broad SMARTS) is 1. The van der Waals surface area contributed by atoms with E-state index in [1.54, 1.807) is 29.2 Å². The van der Waals surface area contributed by atoms with Gasteiger partial charge in [-0.25, -0.2) is 9.48 Å². The van der Waals surface area contributed by atoms with Crippen LogP contribution in [-0.4, -0.2) is 44.3 Å². The van der Waals surface area contributed by atoms with E-state index in [0.29, 0.717) is 25.5 Å². The number of hydrogen-bond donors (Lipinski definition) is 1. The minimum atomic E-state index is -1.10. The van der Waals surface area contributed by atoms with Crippen LogP contribution >= 0.6 is 0 Å². The predicted octanol–water partition coefficient (Wildman–Crippen LogP) is 1.86. The number of aromatic carboxylic acids is 1. The molecular formula is C14H18N4O3. The van der Waals surface area contributed by atoms with Crippen molar-refractivity contribution in [1.29, 1.82) is 0 Å². The number of aromatic nitrogens is 4. The second-order valence-electron chi connectivity index (χ2n) is 4.52. The maximum absolute atomic E-state index is 11.3. The Morgan fingerprint density at radius 1 is 1.33 bits per heavy atom. The lowest BCUT2D eigenvalue weighted by Crippen LogP contribution is -2.10. The van der Waals surface area contributed by atoms with Crippen molar-refractivity contribution in [3.8, 4) is 11.3 Å². The molecule has 112 valence electrons. The van der Waals surface area contributed by atoms with Crippen LogP contribution in [0.5, 0.6) is 0 Å². The normalized spacial score (nSPS) is 10.7. The van der Waals surface area contributed by atoms with E-state index < -0.39 is 5.97 Å². The summed E-state index contributed by atoms with van der Waals surface area (Å²) < 4.78 is 7.05. The summed E-state index contributed by atoms with van der Waals surface area (Å²) in [7, 11) is 0. The molecule has 2 heterocycles. The smallest absolute Gasteiger partial charge is 0.358 e. The predicted molar refractivity (Wildman–Crippen MR) is 75.9 cm³/mol. The van der Waals surface area contributed by atoms with Gasteiger partial charge in [0.25, 0.3) is 0 Å². The number of carboxylic acids is 1. The summed E-state index contributed by atoms with van der Waals surface area (Å²) in [4.78, 5) is 15.2. The van der Waals surface area contributed by atoms with Gasteiger partial charge < -0.3 is 9.84 Å². The minimum absolute atomic E-state index is 0.0604. The second kappa shape index (κ2) is 7.49. The van der Waals surface area contributed by atoms with Crippen molar-refractivity contribution in [3.63, 3.8) is 0 Å². The molecule has 0 aliphatic rings. The topological polar surface area (TPSA) is 90.1 Å². The van der Waals surface area contributed by atoms with Crippen LogP contribution in [0.15, 0.2) is 24.5 Å². The number of ether oxygens (including phenoxy) is 1. The summed E-state index contributed by atoms with van der Waals surface area (Å²) in [5.74, 6) is -1.10. The molecule has 21 heavy (non-hydrogen) atoms. The van der Waals surface area contributed by atoms with E-state index in [9.17, 15) is 9.90 Å². The fraction of sp³-hybridized carbons (Fsp3) is 0.429. The van der Waals surface area contributed by atoms with Crippen LogP contribution in [-0.2, 0) is 11.3 Å². The van der Waals surface area contributed by atoms with Gasteiger partial charge in [-0.2, -0.15) is 0 Å². The van der Waals surface area contributed by atoms with Crippen LogP contribution in [0.2, 0.25) is 0 Å². The zero-order valence-corrected chi connectivity index (χ0v) is 11.9. The van der Waals surface area contributed by atoms with E-state index in [-0.39, 0.29) is 5.69 Å². The first-order chi connectivity index (χ1) is 10.2. The van der Waals surface area contributed by atoms with Gasteiger partial charge in [0, 0.05) is 24.6 Å². The average Bonchev–Trinajstić information content (AvgIpc) is 2.92. The summed E-state index contributed by atoms with van der Waals surface area (Å²) in [5.41, 5.74) is 1.14. The molecule has 0 aliphatic heterocycles. The van der Waals surface area contributed by atoms with Gasteiger partial charge in [-0.15, -0.1) is 5.10 Å². The van der Waals surface area contributed by atoms with E-state index >= 15 is 0 Å². The highest BCUT2D eigenvalue weighted by molar-refractivity contribution is 5.92. The Kier molecular flexibility index (Phi) is 5.39. The van der Waals surface area contributed by atoms with Gasteiger partial charge in [0.05, 0.1) is 13.2 Å². The zero-order chi connectivity index (χ0) is 15.1. The third-order valence-electron chi connectivity index (χ3n) is 2.98. The number of pyridine rings is 1. The van der Waals surface area contributed by atoms with Gasteiger partial charge in [-0.1, -0.05) is 18.6 Å². The molecule has 1 N–H and O–H groups in total. The van der Waals surface area contributed by atoms with Gasteiger partial charge in [0.15, 0.2) is 5.69 Å². The van der Waals surface area contributed by atoms with Crippen LogP contribution in [0.1, 0.15) is 30.3 Å². The number of rotatable bonds is 8. The lowest BCUT2D eigenvalue weighted by atomic mass is 10.1. The molecule has 0 aromatic carbocycles. The second-order valence-corrected chi connectivity index (χ2v) is 4.52. The van der Waals surface area contributed by atoms with Crippen LogP contribution in [0.25, 0.3) is 11.3 Å². The first-order valence-electron chi connectivity index (χ1n) is 6.89. The number of hydrogen-bond acceptors (Lipinski definition) is 5. The molecule has 0 amide bonds. The lowest BCUT2D eigenvalue weighted by molar-refractivity contribution is 0.0691. The Hall–Kier alpha value is -2.28.